The maximum Gasteiger partial charge on any atom is 0.219 e. The first-order valence-corrected chi connectivity index (χ1v) is 14.8. The van der Waals surface area contributed by atoms with E-state index in [4.69, 9.17) is 33.9 Å². The molecule has 0 saturated heterocycles. The number of carbonyl (C=O) groups is 1. The number of hydrogen-bond acceptors (Lipinski definition) is 4. The van der Waals surface area contributed by atoms with Gasteiger partial charge in [0.1, 0.15) is 5.82 Å². The van der Waals surface area contributed by atoms with Crippen LogP contribution in [0.5, 0.6) is 0 Å². The van der Waals surface area contributed by atoms with Crippen molar-refractivity contribution in [1.82, 2.24) is 14.9 Å². The Bertz CT molecular complexity index is 1790. The molecule has 1 amide bonds. The van der Waals surface area contributed by atoms with Crippen LogP contribution < -0.4 is 16.0 Å². The van der Waals surface area contributed by atoms with Crippen molar-refractivity contribution in [2.45, 2.75) is 25.6 Å². The van der Waals surface area contributed by atoms with Crippen molar-refractivity contribution in [2.24, 2.45) is 5.73 Å². The van der Waals surface area contributed by atoms with Gasteiger partial charge in [0.05, 0.1) is 21.1 Å². The predicted octanol–water partition coefficient (Wildman–Crippen LogP) is 7.52. The van der Waals surface area contributed by atoms with E-state index >= 15 is 0 Å². The lowest BCUT2D eigenvalue weighted by Crippen LogP contribution is -2.26. The van der Waals surface area contributed by atoms with E-state index in [2.05, 4.69) is 19.2 Å². The first kappa shape index (κ1) is 31.4. The number of anilines is 1. The summed E-state index contributed by atoms with van der Waals surface area (Å²) in [6, 6.07) is 22.4. The molecule has 0 bridgehead atoms. The molecule has 3 N–H and O–H groups in total. The molecule has 0 aliphatic carbocycles. The van der Waals surface area contributed by atoms with Crippen LogP contribution in [0.4, 0.5) is 14.5 Å². The second kappa shape index (κ2) is 13.8. The van der Waals surface area contributed by atoms with Gasteiger partial charge in [-0.25, -0.2) is 13.8 Å². The van der Waals surface area contributed by atoms with Crippen LogP contribution in [0.2, 0.25) is 10.0 Å². The third kappa shape index (κ3) is 7.04. The second-order valence-corrected chi connectivity index (χ2v) is 11.2. The third-order valence-electron chi connectivity index (χ3n) is 7.47. The minimum atomic E-state index is -0.913. The SMILES string of the molecule is [CH2]CN(C[CH2])c1ccc(-c2nc3cc(C(CC(N)=O)NCc4ccc(Cl)c(Cl)c4)ccc3n2Cc2ccc(F)c(F)c2)cc1. The van der Waals surface area contributed by atoms with Crippen molar-refractivity contribution in [3.8, 4) is 11.4 Å². The Kier molecular flexibility index (Phi) is 9.84. The molecule has 1 aromatic heterocycles. The summed E-state index contributed by atoms with van der Waals surface area (Å²) in [4.78, 5) is 19.0. The maximum atomic E-state index is 14.1. The van der Waals surface area contributed by atoms with Gasteiger partial charge in [0.15, 0.2) is 11.6 Å². The predicted molar refractivity (Wildman–Crippen MR) is 173 cm³/mol. The fraction of sp³-hybridized carbons (Fsp3) is 0.176. The molecule has 1 unspecified atom stereocenters. The Hall–Kier alpha value is -3.98. The molecule has 0 spiro atoms. The Balaban J connectivity index is 1.54. The Labute approximate surface area is 265 Å². The minimum absolute atomic E-state index is 0.0613. The van der Waals surface area contributed by atoms with Crippen LogP contribution in [0.1, 0.15) is 29.2 Å². The van der Waals surface area contributed by atoms with Crippen LogP contribution in [0.3, 0.4) is 0 Å². The summed E-state index contributed by atoms with van der Waals surface area (Å²) in [5, 5.41) is 4.30. The molecule has 1 heterocycles. The lowest BCUT2D eigenvalue weighted by Gasteiger charge is -2.21. The van der Waals surface area contributed by atoms with Crippen LogP contribution in [0.15, 0.2) is 78.9 Å². The van der Waals surface area contributed by atoms with Crippen molar-refractivity contribution in [1.29, 1.82) is 0 Å². The van der Waals surface area contributed by atoms with Crippen molar-refractivity contribution in [3.05, 3.63) is 131 Å². The van der Waals surface area contributed by atoms with E-state index in [1.165, 1.54) is 6.07 Å². The molecule has 226 valence electrons. The molecule has 1 atom stereocenters. The topological polar surface area (TPSA) is 76.2 Å². The van der Waals surface area contributed by atoms with Gasteiger partial charge in [-0.3, -0.25) is 4.79 Å². The van der Waals surface area contributed by atoms with E-state index < -0.39 is 23.6 Å². The van der Waals surface area contributed by atoms with Gasteiger partial charge in [0.25, 0.3) is 0 Å². The standard InChI is InChI=1S/C34H31Cl2F2N5O/c1-3-42(4-2)25-10-7-23(8-11-25)34-41-31-17-24(9-14-32(31)43(34)20-22-6-13-28(37)29(38)16-22)30(18-33(39)44)40-19-21-5-12-26(35)27(36)15-21/h5-17,30,40H,1-4,18-20H2,(H2,39,44). The summed E-state index contributed by atoms with van der Waals surface area (Å²) in [7, 11) is 0. The van der Waals surface area contributed by atoms with Crippen LogP contribution in [-0.4, -0.2) is 28.5 Å². The third-order valence-corrected chi connectivity index (χ3v) is 8.21. The molecule has 5 rings (SSSR count). The van der Waals surface area contributed by atoms with Gasteiger partial charge < -0.3 is 20.5 Å². The minimum Gasteiger partial charge on any atom is -0.372 e. The van der Waals surface area contributed by atoms with Crippen LogP contribution in [-0.2, 0) is 17.9 Å². The maximum absolute atomic E-state index is 14.1. The fourth-order valence-corrected chi connectivity index (χ4v) is 5.48. The molecular weight excluding hydrogens is 603 g/mol. The van der Waals surface area contributed by atoms with Gasteiger partial charge in [-0.1, -0.05) is 41.4 Å². The number of halogens is 4. The van der Waals surface area contributed by atoms with E-state index in [0.717, 1.165) is 34.0 Å². The first-order valence-electron chi connectivity index (χ1n) is 14.0. The summed E-state index contributed by atoms with van der Waals surface area (Å²) < 4.78 is 29.8. The van der Waals surface area contributed by atoms with Crippen LogP contribution >= 0.6 is 23.2 Å². The summed E-state index contributed by atoms with van der Waals surface area (Å²) in [6.45, 7) is 9.76. The molecule has 0 aliphatic rings. The van der Waals surface area contributed by atoms with E-state index in [9.17, 15) is 13.6 Å². The molecule has 0 fully saturated rings. The number of amides is 1. The number of nitrogens with zero attached hydrogens (tertiary/aromatic N) is 3. The number of nitrogens with two attached hydrogens (primary N) is 1. The number of hydrogen-bond donors (Lipinski definition) is 2. The van der Waals surface area contributed by atoms with E-state index in [0.29, 0.717) is 46.6 Å². The van der Waals surface area contributed by atoms with E-state index in [-0.39, 0.29) is 13.0 Å². The zero-order chi connectivity index (χ0) is 31.4. The Morgan fingerprint density at radius 3 is 2.30 bits per heavy atom. The van der Waals surface area contributed by atoms with Gasteiger partial charge in [-0.05, 0) is 91.2 Å². The molecule has 2 radical (unpaired) electrons. The second-order valence-electron chi connectivity index (χ2n) is 10.4. The highest BCUT2D eigenvalue weighted by Gasteiger charge is 2.19. The van der Waals surface area contributed by atoms with Crippen molar-refractivity contribution in [2.75, 3.05) is 18.0 Å². The molecule has 4 aromatic carbocycles. The molecule has 0 aliphatic heterocycles. The summed E-state index contributed by atoms with van der Waals surface area (Å²) in [5.41, 5.74) is 11.2. The molecule has 5 aromatic rings. The molecule has 44 heavy (non-hydrogen) atoms. The molecular formula is C34H31Cl2F2N5O. The summed E-state index contributed by atoms with van der Waals surface area (Å²) in [5.74, 6) is -1.62. The highest BCUT2D eigenvalue weighted by molar-refractivity contribution is 6.42. The molecule has 10 heteroatoms. The van der Waals surface area contributed by atoms with Gasteiger partial charge >= 0.3 is 0 Å². The Morgan fingerprint density at radius 2 is 1.64 bits per heavy atom. The number of fused-ring (bicyclic) bond motifs is 1. The average Bonchev–Trinajstić information content (AvgIpc) is 3.37. The number of imidazole rings is 1. The van der Waals surface area contributed by atoms with Gasteiger partial charge in [0, 0.05) is 49.9 Å². The lowest BCUT2D eigenvalue weighted by molar-refractivity contribution is -0.118. The monoisotopic (exact) mass is 633 g/mol. The number of nitrogens with one attached hydrogen (secondary N) is 1. The van der Waals surface area contributed by atoms with Crippen LogP contribution in [0.25, 0.3) is 22.4 Å². The Morgan fingerprint density at radius 1 is 0.909 bits per heavy atom. The number of aromatic nitrogens is 2. The molecule has 0 saturated carbocycles. The number of primary amides is 1. The van der Waals surface area contributed by atoms with Gasteiger partial charge in [0.2, 0.25) is 5.91 Å². The largest absolute Gasteiger partial charge is 0.372 e. The van der Waals surface area contributed by atoms with Crippen molar-refractivity contribution >= 4 is 45.8 Å². The van der Waals surface area contributed by atoms with Crippen molar-refractivity contribution in [3.63, 3.8) is 0 Å². The summed E-state index contributed by atoms with van der Waals surface area (Å²) >= 11 is 12.2. The summed E-state index contributed by atoms with van der Waals surface area (Å²) in [6.07, 6.45) is 0.0613. The fourth-order valence-electron chi connectivity index (χ4n) is 5.16. The smallest absolute Gasteiger partial charge is 0.219 e. The number of carbonyl (C=O) groups excluding carboxylic acids is 1. The first-order chi connectivity index (χ1) is 21.2. The lowest BCUT2D eigenvalue weighted by atomic mass is 10.0. The van der Waals surface area contributed by atoms with Gasteiger partial charge in [-0.2, -0.15) is 0 Å². The van der Waals surface area contributed by atoms with E-state index in [1.807, 2.05) is 58.0 Å². The highest BCUT2D eigenvalue weighted by atomic mass is 35.5. The zero-order valence-electron chi connectivity index (χ0n) is 23.9. The van der Waals surface area contributed by atoms with E-state index in [1.54, 1.807) is 18.2 Å². The van der Waals surface area contributed by atoms with Crippen LogP contribution in [0, 0.1) is 25.5 Å². The van der Waals surface area contributed by atoms with Crippen molar-refractivity contribution < 1.29 is 13.6 Å². The normalized spacial score (nSPS) is 12.0. The quantitative estimate of drug-likeness (QED) is 0.149. The average molecular weight is 635 g/mol. The number of rotatable bonds is 12. The zero-order valence-corrected chi connectivity index (χ0v) is 25.4. The molecule has 6 nitrogen and oxygen atoms in total. The highest BCUT2D eigenvalue weighted by Crippen LogP contribution is 2.31. The van der Waals surface area contributed by atoms with Gasteiger partial charge in [-0.15, -0.1) is 0 Å². The number of benzene rings is 4.